The monoisotopic (exact) mass is 1070 g/mol. The van der Waals surface area contributed by atoms with E-state index in [9.17, 15) is 0 Å². The van der Waals surface area contributed by atoms with Crippen molar-refractivity contribution in [3.05, 3.63) is 326 Å². The van der Waals surface area contributed by atoms with Crippen LogP contribution in [0.3, 0.4) is 0 Å². The van der Waals surface area contributed by atoms with Crippen LogP contribution in [0.2, 0.25) is 0 Å². The molecule has 14 rings (SSSR count). The summed E-state index contributed by atoms with van der Waals surface area (Å²) in [5.74, 6) is 0. The molecule has 2 nitrogen and oxygen atoms in total. The second kappa shape index (κ2) is 22.6. The number of nitrogens with zero attached hydrogens (tertiary/aromatic N) is 2. The topological polar surface area (TPSA) is 6.48 Å². The first-order valence-corrected chi connectivity index (χ1v) is 29.0. The number of hydrogen-bond acceptors (Lipinski definition) is 2. The summed E-state index contributed by atoms with van der Waals surface area (Å²) in [7, 11) is 0. The summed E-state index contributed by atoms with van der Waals surface area (Å²) < 4.78 is 0. The minimum absolute atomic E-state index is 0.983. The van der Waals surface area contributed by atoms with Gasteiger partial charge >= 0.3 is 0 Å². The van der Waals surface area contributed by atoms with E-state index < -0.39 is 0 Å². The molecule has 84 heavy (non-hydrogen) atoms. The fourth-order valence-electron chi connectivity index (χ4n) is 12.8. The van der Waals surface area contributed by atoms with E-state index in [-0.39, 0.29) is 0 Å². The van der Waals surface area contributed by atoms with Crippen LogP contribution in [0.1, 0.15) is 24.0 Å². The van der Waals surface area contributed by atoms with Crippen molar-refractivity contribution in [1.29, 1.82) is 0 Å². The van der Waals surface area contributed by atoms with Crippen molar-refractivity contribution in [1.82, 2.24) is 0 Å². The number of fused-ring (bicyclic) bond motifs is 3. The first kappa shape index (κ1) is 51.4. The number of benzene rings is 13. The lowest BCUT2D eigenvalue weighted by Gasteiger charge is -2.27. The molecule has 0 spiro atoms. The average molecular weight is 1070 g/mol. The van der Waals surface area contributed by atoms with Crippen molar-refractivity contribution < 1.29 is 0 Å². The van der Waals surface area contributed by atoms with Gasteiger partial charge in [-0.15, -0.1) is 0 Å². The standard InChI is InChI=1S/C82H60N2/c1-3-71-72(4-2)81(63-29-23-35-69(55-63)83(65-31-13-7-14-32-65)67-51-47-59(48-52-67)57-25-9-5-10-26-57)76-40-20-17-37-73(76)79(71)61-43-45-62(46-44-61)80-74-38-18-21-41-77(74)82(78-42-22-19-39-75(78)80)64-30-24-36-70(56-64)84(66-33-15-8-16-34-66)68-53-49-60(50-54-68)58-27-11-6-12-28-58/h3-18,20-21,23-56H,1-2,19,22H2. The lowest BCUT2D eigenvalue weighted by atomic mass is 9.82. The molecule has 1 aliphatic carbocycles. The fourth-order valence-corrected chi connectivity index (χ4v) is 12.8. The van der Waals surface area contributed by atoms with E-state index >= 15 is 0 Å². The van der Waals surface area contributed by atoms with Gasteiger partial charge in [-0.2, -0.15) is 0 Å². The van der Waals surface area contributed by atoms with E-state index in [1.54, 1.807) is 0 Å². The maximum atomic E-state index is 4.49. The fraction of sp³-hybridized carbons (Fsp3) is 0.0244. The van der Waals surface area contributed by atoms with Crippen LogP contribution < -0.4 is 20.2 Å². The predicted molar refractivity (Wildman–Crippen MR) is 361 cm³/mol. The van der Waals surface area contributed by atoms with Crippen LogP contribution in [0.15, 0.2) is 304 Å². The van der Waals surface area contributed by atoms with E-state index in [0.29, 0.717) is 0 Å². The Hall–Kier alpha value is -10.8. The van der Waals surface area contributed by atoms with Gasteiger partial charge in [-0.1, -0.05) is 256 Å². The molecule has 0 aromatic heterocycles. The SMILES string of the molecule is C=Cc1c(C=C)c(-c2cccc(N(c3ccccc3)c3ccc(-c4ccccc4)cc3)c2)c2ccccc2c1-c1ccc(-c2c3c(c(-c4cccc(N(c5ccccc5)c5ccc(-c6ccccc6)cc5)c4)c4ccccc24)=CCCC=3)cc1. The Morgan fingerprint density at radius 2 is 0.512 bits per heavy atom. The lowest BCUT2D eigenvalue weighted by molar-refractivity contribution is 1.12. The highest BCUT2D eigenvalue weighted by atomic mass is 15.1. The molecule has 0 atom stereocenters. The molecule has 0 saturated heterocycles. The largest absolute Gasteiger partial charge is 0.310 e. The van der Waals surface area contributed by atoms with Crippen LogP contribution in [0.5, 0.6) is 0 Å². The van der Waals surface area contributed by atoms with Crippen LogP contribution in [-0.2, 0) is 0 Å². The quantitative estimate of drug-likeness (QED) is 0.107. The number of hydrogen-bond donors (Lipinski definition) is 0. The van der Waals surface area contributed by atoms with Crippen LogP contribution in [-0.4, -0.2) is 0 Å². The lowest BCUT2D eigenvalue weighted by Crippen LogP contribution is -2.31. The van der Waals surface area contributed by atoms with Crippen molar-refractivity contribution in [3.63, 3.8) is 0 Å². The summed E-state index contributed by atoms with van der Waals surface area (Å²) in [5, 5.41) is 7.37. The van der Waals surface area contributed by atoms with Crippen molar-refractivity contribution in [2.45, 2.75) is 12.8 Å². The number of anilines is 6. The van der Waals surface area contributed by atoms with Gasteiger partial charge in [0.05, 0.1) is 0 Å². The van der Waals surface area contributed by atoms with Gasteiger partial charge in [-0.25, -0.2) is 0 Å². The van der Waals surface area contributed by atoms with Gasteiger partial charge in [-0.3, -0.25) is 0 Å². The van der Waals surface area contributed by atoms with E-state index in [2.05, 4.69) is 326 Å². The first-order chi connectivity index (χ1) is 41.6. The highest BCUT2D eigenvalue weighted by Crippen LogP contribution is 2.46. The molecule has 0 radical (unpaired) electrons. The highest BCUT2D eigenvalue weighted by molar-refractivity contribution is 6.12. The van der Waals surface area contributed by atoms with Gasteiger partial charge in [0.15, 0.2) is 0 Å². The molecule has 0 amide bonds. The van der Waals surface area contributed by atoms with Gasteiger partial charge in [0.25, 0.3) is 0 Å². The third-order valence-corrected chi connectivity index (χ3v) is 16.6. The molecule has 1 aliphatic rings. The van der Waals surface area contributed by atoms with Crippen molar-refractivity contribution in [3.8, 4) is 66.8 Å². The van der Waals surface area contributed by atoms with Crippen LogP contribution in [0, 0.1) is 0 Å². The molecule has 0 N–H and O–H groups in total. The second-order valence-electron chi connectivity index (χ2n) is 21.5. The van der Waals surface area contributed by atoms with Gasteiger partial charge in [-0.05, 0) is 196 Å². The molecule has 0 heterocycles. The molecular weight excluding hydrogens is 1010 g/mol. The smallest absolute Gasteiger partial charge is 0.0467 e. The molecule has 0 saturated carbocycles. The molecule has 2 heteroatoms. The van der Waals surface area contributed by atoms with E-state index in [0.717, 1.165) is 91.1 Å². The van der Waals surface area contributed by atoms with Gasteiger partial charge < -0.3 is 9.80 Å². The second-order valence-corrected chi connectivity index (χ2v) is 21.5. The first-order valence-electron chi connectivity index (χ1n) is 29.0. The zero-order valence-electron chi connectivity index (χ0n) is 46.7. The van der Waals surface area contributed by atoms with E-state index in [4.69, 9.17) is 0 Å². The summed E-state index contributed by atoms with van der Waals surface area (Å²) in [5.41, 5.74) is 22.8. The summed E-state index contributed by atoms with van der Waals surface area (Å²) in [6.07, 6.45) is 10.9. The van der Waals surface area contributed by atoms with Crippen molar-refractivity contribution >= 4 is 80.0 Å². The predicted octanol–water partition coefficient (Wildman–Crippen LogP) is 21.6. The minimum Gasteiger partial charge on any atom is -0.310 e. The van der Waals surface area contributed by atoms with Crippen molar-refractivity contribution in [2.24, 2.45) is 0 Å². The Labute approximate surface area is 492 Å². The molecule has 0 bridgehead atoms. The average Bonchev–Trinajstić information content (AvgIpc) is 2.69. The summed E-state index contributed by atoms with van der Waals surface area (Å²) in [4.78, 5) is 4.71. The summed E-state index contributed by atoms with van der Waals surface area (Å²) in [6, 6.07) is 105. The van der Waals surface area contributed by atoms with Crippen molar-refractivity contribution in [2.75, 3.05) is 9.80 Å². The van der Waals surface area contributed by atoms with E-state index in [1.807, 2.05) is 12.2 Å². The molecule has 398 valence electrons. The third-order valence-electron chi connectivity index (χ3n) is 16.6. The molecule has 0 unspecified atom stereocenters. The number of rotatable bonds is 14. The zero-order valence-corrected chi connectivity index (χ0v) is 46.7. The van der Waals surface area contributed by atoms with E-state index in [1.165, 1.54) is 65.7 Å². The molecular formula is C82H60N2. The van der Waals surface area contributed by atoms with Gasteiger partial charge in [0.1, 0.15) is 0 Å². The number of para-hydroxylation sites is 2. The van der Waals surface area contributed by atoms with Gasteiger partial charge in [0, 0.05) is 34.1 Å². The van der Waals surface area contributed by atoms with Crippen LogP contribution >= 0.6 is 0 Å². The Morgan fingerprint density at radius 1 is 0.238 bits per heavy atom. The normalized spacial score (nSPS) is 11.8. The summed E-state index contributed by atoms with van der Waals surface area (Å²) >= 11 is 0. The molecule has 0 fully saturated rings. The minimum atomic E-state index is 0.983. The maximum absolute atomic E-state index is 4.49. The van der Waals surface area contributed by atoms with Crippen LogP contribution in [0.25, 0.3) is 113 Å². The Bertz CT molecular complexity index is 4700. The highest BCUT2D eigenvalue weighted by Gasteiger charge is 2.23. The van der Waals surface area contributed by atoms with Gasteiger partial charge in [0.2, 0.25) is 0 Å². The zero-order chi connectivity index (χ0) is 56.3. The summed E-state index contributed by atoms with van der Waals surface area (Å²) in [6.45, 7) is 8.99. The Morgan fingerprint density at radius 3 is 0.917 bits per heavy atom. The molecule has 13 aromatic carbocycles. The maximum Gasteiger partial charge on any atom is 0.0467 e. The Balaban J connectivity index is 0.855. The third kappa shape index (κ3) is 9.50. The molecule has 13 aromatic rings. The Kier molecular flexibility index (Phi) is 13.8. The van der Waals surface area contributed by atoms with Crippen LogP contribution in [0.4, 0.5) is 34.1 Å². The molecule has 0 aliphatic heterocycles.